The van der Waals surface area contributed by atoms with E-state index in [1.165, 1.54) is 11.3 Å². The number of alkyl halides is 2. The molecular weight excluding hydrogens is 355 g/mol. The van der Waals surface area contributed by atoms with Gasteiger partial charge in [0.2, 0.25) is 5.91 Å². The van der Waals surface area contributed by atoms with E-state index in [2.05, 4.69) is 12.2 Å². The zero-order valence-electron chi connectivity index (χ0n) is 13.2. The summed E-state index contributed by atoms with van der Waals surface area (Å²) >= 11 is 13.6. The number of anilines is 1. The normalized spacial score (nSPS) is 28.1. The summed E-state index contributed by atoms with van der Waals surface area (Å²) in [5.41, 5.74) is 6.22. The predicted octanol–water partition coefficient (Wildman–Crippen LogP) is 3.88. The first-order valence-corrected chi connectivity index (χ1v) is 9.40. The Morgan fingerprint density at radius 1 is 1.43 bits per heavy atom. The second-order valence-corrected chi connectivity index (χ2v) is 9.35. The fraction of sp³-hybridized carbons (Fsp3) is 0.625. The van der Waals surface area contributed by atoms with E-state index < -0.39 is 15.7 Å². The summed E-state index contributed by atoms with van der Waals surface area (Å²) < 4.78 is -1.03. The molecule has 4 nitrogen and oxygen atoms in total. The quantitative estimate of drug-likeness (QED) is 0.784. The number of primary amides is 1. The summed E-state index contributed by atoms with van der Waals surface area (Å²) in [5, 5.41) is 3.39. The number of nitrogens with one attached hydrogen (secondary N) is 1. The minimum Gasteiger partial charge on any atom is -0.365 e. The molecule has 0 saturated heterocycles. The van der Waals surface area contributed by atoms with Crippen molar-refractivity contribution in [3.05, 3.63) is 16.0 Å². The van der Waals surface area contributed by atoms with Gasteiger partial charge in [0.15, 0.2) is 0 Å². The molecule has 0 unspecified atom stereocenters. The van der Waals surface area contributed by atoms with Gasteiger partial charge >= 0.3 is 0 Å². The molecule has 126 valence electrons. The number of thiophene rings is 1. The van der Waals surface area contributed by atoms with Crippen LogP contribution in [0.1, 0.15) is 53.9 Å². The van der Waals surface area contributed by atoms with Gasteiger partial charge in [-0.05, 0) is 44.1 Å². The largest absolute Gasteiger partial charge is 0.365 e. The number of rotatable bonds is 4. The third kappa shape index (κ3) is 2.77. The van der Waals surface area contributed by atoms with Crippen LogP contribution in [0.15, 0.2) is 0 Å². The fourth-order valence-corrected chi connectivity index (χ4v) is 5.31. The van der Waals surface area contributed by atoms with Crippen molar-refractivity contribution in [2.24, 2.45) is 17.1 Å². The molecule has 2 amide bonds. The van der Waals surface area contributed by atoms with Crippen molar-refractivity contribution in [2.45, 2.75) is 50.3 Å². The number of hydrogen-bond donors (Lipinski definition) is 2. The highest BCUT2D eigenvalue weighted by atomic mass is 35.5. The maximum absolute atomic E-state index is 12.5. The highest BCUT2D eigenvalue weighted by Gasteiger charge is 2.68. The lowest BCUT2D eigenvalue weighted by molar-refractivity contribution is -0.120. The number of carbonyl (C=O) groups is 2. The predicted molar refractivity (Wildman–Crippen MR) is 94.4 cm³/mol. The van der Waals surface area contributed by atoms with Gasteiger partial charge < -0.3 is 11.1 Å². The third-order valence-electron chi connectivity index (χ3n) is 5.18. The fourth-order valence-electron chi connectivity index (χ4n) is 3.24. The van der Waals surface area contributed by atoms with Crippen LogP contribution in [0.3, 0.4) is 0 Å². The van der Waals surface area contributed by atoms with Gasteiger partial charge in [0.05, 0.1) is 11.0 Å². The van der Waals surface area contributed by atoms with Crippen LogP contribution in [-0.2, 0) is 17.6 Å². The molecule has 2 aliphatic carbocycles. The summed E-state index contributed by atoms with van der Waals surface area (Å²) in [6, 6.07) is 0. The van der Waals surface area contributed by atoms with Gasteiger partial charge in [0.1, 0.15) is 9.33 Å². The Morgan fingerprint density at radius 2 is 2.09 bits per heavy atom. The Hall–Kier alpha value is -0.780. The van der Waals surface area contributed by atoms with Crippen LogP contribution in [0.25, 0.3) is 0 Å². The first kappa shape index (κ1) is 17.1. The molecule has 0 spiro atoms. The molecule has 23 heavy (non-hydrogen) atoms. The van der Waals surface area contributed by atoms with E-state index in [0.717, 1.165) is 36.1 Å². The summed E-state index contributed by atoms with van der Waals surface area (Å²) in [6.45, 7) is 3.91. The maximum atomic E-state index is 12.5. The van der Waals surface area contributed by atoms with E-state index >= 15 is 0 Å². The van der Waals surface area contributed by atoms with Crippen molar-refractivity contribution in [3.8, 4) is 0 Å². The molecule has 2 aliphatic rings. The number of carbonyl (C=O) groups excluding carboxylic acids is 2. The second-order valence-electron chi connectivity index (χ2n) is 6.76. The summed E-state index contributed by atoms with van der Waals surface area (Å²) in [4.78, 5) is 25.6. The van der Waals surface area contributed by atoms with Crippen LogP contribution < -0.4 is 11.1 Å². The molecule has 0 radical (unpaired) electrons. The average molecular weight is 375 g/mol. The van der Waals surface area contributed by atoms with Gasteiger partial charge in [-0.25, -0.2) is 0 Å². The van der Waals surface area contributed by atoms with Crippen molar-refractivity contribution < 1.29 is 9.59 Å². The van der Waals surface area contributed by atoms with Crippen molar-refractivity contribution in [1.82, 2.24) is 0 Å². The lowest BCUT2D eigenvalue weighted by Crippen LogP contribution is -2.27. The zero-order valence-corrected chi connectivity index (χ0v) is 15.5. The van der Waals surface area contributed by atoms with Crippen LogP contribution >= 0.6 is 34.5 Å². The molecule has 3 N–H and O–H groups in total. The van der Waals surface area contributed by atoms with Crippen molar-refractivity contribution >= 4 is 51.4 Å². The average Bonchev–Trinajstić information content (AvgIpc) is 2.84. The standard InChI is InChI=1S/C16H20Cl2N2O2S/c1-3-8-4-5-9-10(6-8)23-13(11(9)12(19)21)20-14(22)15(2)7-16(15,17)18/h8H,3-7H2,1-2H3,(H2,19,21)(H,20,22)/t8-,15+/m1/s1. The number of nitrogens with two attached hydrogens (primary N) is 1. The highest BCUT2D eigenvalue weighted by molar-refractivity contribution is 7.17. The maximum Gasteiger partial charge on any atom is 0.251 e. The molecule has 1 aromatic heterocycles. The smallest absolute Gasteiger partial charge is 0.251 e. The minimum atomic E-state index is -1.03. The second kappa shape index (κ2) is 5.64. The van der Waals surface area contributed by atoms with Gasteiger partial charge in [0.25, 0.3) is 5.91 Å². The first-order chi connectivity index (χ1) is 10.7. The van der Waals surface area contributed by atoms with Crippen LogP contribution in [0.2, 0.25) is 0 Å². The SMILES string of the molecule is CC[C@@H]1CCc2c(sc(NC(=O)[C@]3(C)CC3(Cl)Cl)c2C(N)=O)C1. The Kier molecular flexibility index (Phi) is 4.18. The Labute approximate surface area is 149 Å². The summed E-state index contributed by atoms with van der Waals surface area (Å²) in [5.74, 6) is -0.114. The van der Waals surface area contributed by atoms with E-state index in [1.54, 1.807) is 6.92 Å². The van der Waals surface area contributed by atoms with Crippen LogP contribution in [0, 0.1) is 11.3 Å². The van der Waals surface area contributed by atoms with Gasteiger partial charge in [-0.2, -0.15) is 0 Å². The molecule has 1 fully saturated rings. The van der Waals surface area contributed by atoms with E-state index in [-0.39, 0.29) is 5.91 Å². The Bertz CT molecular complexity index is 686. The number of amides is 2. The summed E-state index contributed by atoms with van der Waals surface area (Å²) in [7, 11) is 0. The molecule has 1 aromatic rings. The van der Waals surface area contributed by atoms with Crippen molar-refractivity contribution in [1.29, 1.82) is 0 Å². The molecule has 2 atom stereocenters. The molecule has 0 aromatic carbocycles. The minimum absolute atomic E-state index is 0.254. The number of hydrogen-bond acceptors (Lipinski definition) is 3. The molecular formula is C16H20Cl2N2O2S. The van der Waals surface area contributed by atoms with Crippen LogP contribution in [0.4, 0.5) is 5.00 Å². The van der Waals surface area contributed by atoms with Crippen molar-refractivity contribution in [3.63, 3.8) is 0 Å². The van der Waals surface area contributed by atoms with E-state index in [9.17, 15) is 9.59 Å². The van der Waals surface area contributed by atoms with Gasteiger partial charge in [-0.15, -0.1) is 34.5 Å². The molecule has 1 heterocycles. The topological polar surface area (TPSA) is 72.2 Å². The third-order valence-corrected chi connectivity index (χ3v) is 7.45. The Morgan fingerprint density at radius 3 is 2.61 bits per heavy atom. The molecule has 0 bridgehead atoms. The zero-order chi connectivity index (χ0) is 17.0. The lowest BCUT2D eigenvalue weighted by Gasteiger charge is -2.20. The monoisotopic (exact) mass is 374 g/mol. The number of fused-ring (bicyclic) bond motifs is 1. The van der Waals surface area contributed by atoms with E-state index in [1.807, 2.05) is 0 Å². The molecule has 0 aliphatic heterocycles. The molecule has 1 saturated carbocycles. The molecule has 3 rings (SSSR count). The van der Waals surface area contributed by atoms with Gasteiger partial charge in [0, 0.05) is 4.88 Å². The van der Waals surface area contributed by atoms with Crippen LogP contribution in [-0.4, -0.2) is 16.1 Å². The van der Waals surface area contributed by atoms with E-state index in [4.69, 9.17) is 28.9 Å². The lowest BCUT2D eigenvalue weighted by atomic mass is 9.85. The highest BCUT2D eigenvalue weighted by Crippen LogP contribution is 2.64. The Balaban J connectivity index is 1.90. The molecule has 7 heteroatoms. The summed E-state index contributed by atoms with van der Waals surface area (Å²) in [6.07, 6.45) is 4.36. The van der Waals surface area contributed by atoms with Crippen LogP contribution in [0.5, 0.6) is 0 Å². The first-order valence-electron chi connectivity index (χ1n) is 7.83. The van der Waals surface area contributed by atoms with Gasteiger partial charge in [-0.1, -0.05) is 13.3 Å². The number of halogens is 2. The van der Waals surface area contributed by atoms with Gasteiger partial charge in [-0.3, -0.25) is 9.59 Å². The van der Waals surface area contributed by atoms with E-state index in [0.29, 0.717) is 22.9 Å². The van der Waals surface area contributed by atoms with Crippen molar-refractivity contribution in [2.75, 3.05) is 5.32 Å².